The van der Waals surface area contributed by atoms with Crippen molar-refractivity contribution in [3.63, 3.8) is 0 Å². The lowest BCUT2D eigenvalue weighted by molar-refractivity contribution is 0.480. The summed E-state index contributed by atoms with van der Waals surface area (Å²) < 4.78 is 14.2. The normalized spacial score (nSPS) is 10.8. The smallest absolute Gasteiger partial charge is 0.141 e. The molecule has 0 aliphatic carbocycles. The van der Waals surface area contributed by atoms with Gasteiger partial charge in [0.25, 0.3) is 0 Å². The van der Waals surface area contributed by atoms with Gasteiger partial charge in [-0.25, -0.2) is 4.39 Å². The zero-order valence-corrected chi connectivity index (χ0v) is 7.62. The number of fused-ring (bicyclic) bond motifs is 1. The maximum absolute atomic E-state index is 13.0. The van der Waals surface area contributed by atoms with Gasteiger partial charge in [0.05, 0.1) is 8.91 Å². The predicted octanol–water partition coefficient (Wildman–Crippen LogP) is 3.03. The topological polar surface area (TPSA) is 20.2 Å². The minimum Gasteiger partial charge on any atom is -0.507 e. The molecule has 12 heavy (non-hydrogen) atoms. The fourth-order valence-corrected chi connectivity index (χ4v) is 2.29. The molecule has 1 aromatic heterocycles. The van der Waals surface area contributed by atoms with Crippen molar-refractivity contribution < 1.29 is 9.50 Å². The summed E-state index contributed by atoms with van der Waals surface area (Å²) in [7, 11) is 0. The standard InChI is InChI=1S/C8H5FOS2/c9-5-1-2-6(10)4-3-7(11)12-8(4)5/h1-3,10-11H. The number of phenolic OH excluding ortho intramolecular Hbond substituents is 1. The lowest BCUT2D eigenvalue weighted by Gasteiger charge is -1.93. The molecule has 0 atom stereocenters. The summed E-state index contributed by atoms with van der Waals surface area (Å²) in [6.07, 6.45) is 0. The third-order valence-corrected chi connectivity index (χ3v) is 2.95. The molecule has 0 unspecified atom stereocenters. The van der Waals surface area contributed by atoms with Crippen molar-refractivity contribution >= 4 is 34.1 Å². The molecule has 0 aliphatic rings. The van der Waals surface area contributed by atoms with Crippen LogP contribution < -0.4 is 0 Å². The fraction of sp³-hybridized carbons (Fsp3) is 0. The molecule has 1 nitrogen and oxygen atoms in total. The summed E-state index contributed by atoms with van der Waals surface area (Å²) in [6.45, 7) is 0. The van der Waals surface area contributed by atoms with Gasteiger partial charge in [0.15, 0.2) is 0 Å². The summed E-state index contributed by atoms with van der Waals surface area (Å²) >= 11 is 5.30. The van der Waals surface area contributed by atoms with Crippen LogP contribution in [-0.4, -0.2) is 5.11 Å². The molecule has 2 aromatic rings. The molecular formula is C8H5FOS2. The Bertz CT molecular complexity index is 397. The summed E-state index contributed by atoms with van der Waals surface area (Å²) in [6, 6.07) is 4.25. The summed E-state index contributed by atoms with van der Waals surface area (Å²) in [5.74, 6) is -0.212. The fourth-order valence-electron chi connectivity index (χ4n) is 1.06. The maximum Gasteiger partial charge on any atom is 0.141 e. The van der Waals surface area contributed by atoms with Gasteiger partial charge in [-0.2, -0.15) is 0 Å². The molecule has 0 fully saturated rings. The van der Waals surface area contributed by atoms with Crippen LogP contribution in [0.2, 0.25) is 0 Å². The maximum atomic E-state index is 13.0. The second-order valence-corrected chi connectivity index (χ2v) is 4.23. The molecule has 0 saturated carbocycles. The summed E-state index contributed by atoms with van der Waals surface area (Å²) in [5, 5.41) is 9.85. The Morgan fingerprint density at radius 2 is 2.17 bits per heavy atom. The number of thiophene rings is 1. The Morgan fingerprint density at radius 3 is 2.83 bits per heavy atom. The highest BCUT2D eigenvalue weighted by Gasteiger charge is 2.07. The monoisotopic (exact) mass is 200 g/mol. The molecule has 0 saturated heterocycles. The highest BCUT2D eigenvalue weighted by atomic mass is 32.2. The number of rotatable bonds is 0. The number of hydrogen-bond acceptors (Lipinski definition) is 3. The first kappa shape index (κ1) is 7.89. The van der Waals surface area contributed by atoms with Gasteiger partial charge in [-0.05, 0) is 18.2 Å². The molecule has 0 aliphatic heterocycles. The van der Waals surface area contributed by atoms with Crippen LogP contribution in [0, 0.1) is 5.82 Å². The molecule has 0 radical (unpaired) electrons. The van der Waals surface area contributed by atoms with Gasteiger partial charge < -0.3 is 5.11 Å². The molecule has 0 spiro atoms. The average molecular weight is 200 g/mol. The minimum atomic E-state index is -0.312. The average Bonchev–Trinajstić information content (AvgIpc) is 2.41. The van der Waals surface area contributed by atoms with E-state index in [1.807, 2.05) is 0 Å². The van der Waals surface area contributed by atoms with Crippen LogP contribution in [0.5, 0.6) is 5.75 Å². The van der Waals surface area contributed by atoms with Crippen molar-refractivity contribution in [2.24, 2.45) is 0 Å². The number of benzene rings is 1. The van der Waals surface area contributed by atoms with Gasteiger partial charge in [0.1, 0.15) is 11.6 Å². The van der Waals surface area contributed by atoms with Gasteiger partial charge >= 0.3 is 0 Å². The Kier molecular flexibility index (Phi) is 1.73. The number of halogens is 1. The van der Waals surface area contributed by atoms with E-state index in [0.29, 0.717) is 14.3 Å². The highest BCUT2D eigenvalue weighted by molar-refractivity contribution is 7.83. The van der Waals surface area contributed by atoms with Crippen LogP contribution in [0.15, 0.2) is 22.4 Å². The van der Waals surface area contributed by atoms with E-state index < -0.39 is 0 Å². The van der Waals surface area contributed by atoms with Gasteiger partial charge in [0.2, 0.25) is 0 Å². The molecule has 1 heterocycles. The first-order chi connectivity index (χ1) is 5.68. The van der Waals surface area contributed by atoms with E-state index in [9.17, 15) is 9.50 Å². The SMILES string of the molecule is Oc1ccc(F)c2sc(S)cc12. The molecule has 1 N–H and O–H groups in total. The second kappa shape index (κ2) is 2.64. The van der Waals surface area contributed by atoms with E-state index in [2.05, 4.69) is 12.6 Å². The van der Waals surface area contributed by atoms with E-state index >= 15 is 0 Å². The summed E-state index contributed by atoms with van der Waals surface area (Å²) in [5.41, 5.74) is 0. The quantitative estimate of drug-likeness (QED) is 0.626. The number of hydrogen-bond donors (Lipinski definition) is 2. The van der Waals surface area contributed by atoms with Crippen LogP contribution >= 0.6 is 24.0 Å². The highest BCUT2D eigenvalue weighted by Crippen LogP contribution is 2.35. The molecule has 4 heteroatoms. The third kappa shape index (κ3) is 1.07. The number of phenols is 1. The van der Waals surface area contributed by atoms with Crippen molar-refractivity contribution in [3.05, 3.63) is 24.0 Å². The van der Waals surface area contributed by atoms with Crippen LogP contribution in [0.1, 0.15) is 0 Å². The van der Waals surface area contributed by atoms with Crippen LogP contribution in [0.3, 0.4) is 0 Å². The lowest BCUT2D eigenvalue weighted by Crippen LogP contribution is -1.72. The minimum absolute atomic E-state index is 0.1000. The van der Waals surface area contributed by atoms with Crippen molar-refractivity contribution in [2.75, 3.05) is 0 Å². The van der Waals surface area contributed by atoms with Crippen molar-refractivity contribution in [1.29, 1.82) is 0 Å². The summed E-state index contributed by atoms with van der Waals surface area (Å²) in [4.78, 5) is 0. The first-order valence-corrected chi connectivity index (χ1v) is 4.55. The van der Waals surface area contributed by atoms with Gasteiger partial charge in [0, 0.05) is 5.39 Å². The van der Waals surface area contributed by atoms with E-state index in [-0.39, 0.29) is 11.6 Å². The zero-order chi connectivity index (χ0) is 8.72. The van der Waals surface area contributed by atoms with Crippen molar-refractivity contribution in [3.8, 4) is 5.75 Å². The lowest BCUT2D eigenvalue weighted by atomic mass is 10.2. The van der Waals surface area contributed by atoms with E-state index in [1.165, 1.54) is 23.5 Å². The number of thiol groups is 1. The molecule has 0 amide bonds. The molecular weight excluding hydrogens is 195 g/mol. The van der Waals surface area contributed by atoms with E-state index in [4.69, 9.17) is 0 Å². The molecule has 0 bridgehead atoms. The Hall–Kier alpha value is -0.740. The van der Waals surface area contributed by atoms with Crippen LogP contribution in [0.25, 0.3) is 10.1 Å². The van der Waals surface area contributed by atoms with Gasteiger partial charge in [-0.15, -0.1) is 24.0 Å². The van der Waals surface area contributed by atoms with E-state index in [0.717, 1.165) is 0 Å². The van der Waals surface area contributed by atoms with Crippen LogP contribution in [0.4, 0.5) is 4.39 Å². The zero-order valence-electron chi connectivity index (χ0n) is 5.91. The predicted molar refractivity (Wildman–Crippen MR) is 50.7 cm³/mol. The first-order valence-electron chi connectivity index (χ1n) is 3.28. The Labute approximate surface area is 77.9 Å². The third-order valence-electron chi connectivity index (χ3n) is 1.60. The Morgan fingerprint density at radius 1 is 1.42 bits per heavy atom. The largest absolute Gasteiger partial charge is 0.507 e. The van der Waals surface area contributed by atoms with Gasteiger partial charge in [-0.3, -0.25) is 0 Å². The van der Waals surface area contributed by atoms with E-state index in [1.54, 1.807) is 6.07 Å². The molecule has 1 aromatic carbocycles. The van der Waals surface area contributed by atoms with Crippen molar-refractivity contribution in [1.82, 2.24) is 0 Å². The van der Waals surface area contributed by atoms with Crippen LogP contribution in [-0.2, 0) is 0 Å². The second-order valence-electron chi connectivity index (χ2n) is 2.39. The molecule has 62 valence electrons. The van der Waals surface area contributed by atoms with Gasteiger partial charge in [-0.1, -0.05) is 0 Å². The Balaban J connectivity index is 2.93. The molecule has 2 rings (SSSR count). The number of aromatic hydroxyl groups is 1. The van der Waals surface area contributed by atoms with Crippen molar-refractivity contribution in [2.45, 2.75) is 4.21 Å².